The maximum atomic E-state index is 11.0. The molecule has 0 N–H and O–H groups in total. The second-order valence-corrected chi connectivity index (χ2v) is 3.83. The summed E-state index contributed by atoms with van der Waals surface area (Å²) in [7, 11) is 0. The third-order valence-corrected chi connectivity index (χ3v) is 2.41. The van der Waals surface area contributed by atoms with Crippen LogP contribution in [0.15, 0.2) is 5.11 Å². The van der Waals surface area contributed by atoms with E-state index in [9.17, 15) is 9.59 Å². The van der Waals surface area contributed by atoms with Gasteiger partial charge in [0.05, 0.1) is 13.2 Å². The molecule has 0 aromatic carbocycles. The van der Waals surface area contributed by atoms with E-state index in [0.717, 1.165) is 0 Å². The highest BCUT2D eigenvalue weighted by molar-refractivity contribution is 5.67. The standard InChI is InChI=1S/C10H15N3O5/c1-6(14)17-8-3-4-16-9(5-12-13-11)10(8)18-7(2)15/h8-10H,3-5H2,1-2H3/t8-,9+,10+/m1/s1. The first-order valence-corrected chi connectivity index (χ1v) is 5.51. The Labute approximate surface area is 104 Å². The Balaban J connectivity index is 2.77. The van der Waals surface area contributed by atoms with Gasteiger partial charge in [0.25, 0.3) is 0 Å². The molecule has 1 heterocycles. The van der Waals surface area contributed by atoms with Crippen molar-refractivity contribution in [3.05, 3.63) is 10.4 Å². The molecule has 8 nitrogen and oxygen atoms in total. The molecule has 8 heteroatoms. The Kier molecular flexibility index (Phi) is 5.41. The van der Waals surface area contributed by atoms with Gasteiger partial charge in [0, 0.05) is 25.2 Å². The second kappa shape index (κ2) is 6.83. The van der Waals surface area contributed by atoms with E-state index < -0.39 is 30.3 Å². The van der Waals surface area contributed by atoms with Crippen LogP contribution in [0.5, 0.6) is 0 Å². The lowest BCUT2D eigenvalue weighted by atomic mass is 10.0. The SMILES string of the molecule is CC(=O)O[C@@H]1[C@H](CN=[N+]=[N-])OCC[C@H]1OC(C)=O. The molecule has 0 aromatic heterocycles. The molecule has 1 saturated heterocycles. The summed E-state index contributed by atoms with van der Waals surface area (Å²) in [4.78, 5) is 24.6. The summed E-state index contributed by atoms with van der Waals surface area (Å²) in [6.45, 7) is 2.90. The first-order valence-electron chi connectivity index (χ1n) is 5.51. The zero-order chi connectivity index (χ0) is 13.5. The zero-order valence-electron chi connectivity index (χ0n) is 10.2. The summed E-state index contributed by atoms with van der Waals surface area (Å²) < 4.78 is 15.5. The highest BCUT2D eigenvalue weighted by Crippen LogP contribution is 2.22. The highest BCUT2D eigenvalue weighted by Gasteiger charge is 2.38. The molecular formula is C10H15N3O5. The van der Waals surface area contributed by atoms with Crippen molar-refractivity contribution in [3.63, 3.8) is 0 Å². The van der Waals surface area contributed by atoms with Gasteiger partial charge < -0.3 is 14.2 Å². The minimum atomic E-state index is -0.745. The van der Waals surface area contributed by atoms with E-state index in [1.807, 2.05) is 0 Å². The average molecular weight is 257 g/mol. The summed E-state index contributed by atoms with van der Waals surface area (Å²) in [5, 5.41) is 3.39. The van der Waals surface area contributed by atoms with Gasteiger partial charge in [0.15, 0.2) is 6.10 Å². The molecule has 1 fully saturated rings. The largest absolute Gasteiger partial charge is 0.458 e. The molecule has 0 amide bonds. The lowest BCUT2D eigenvalue weighted by molar-refractivity contribution is -0.191. The predicted octanol–water partition coefficient (Wildman–Crippen LogP) is 0.949. The first kappa shape index (κ1) is 14.3. The Morgan fingerprint density at radius 2 is 2.06 bits per heavy atom. The minimum absolute atomic E-state index is 0.0201. The number of hydrogen-bond donors (Lipinski definition) is 0. The Morgan fingerprint density at radius 1 is 1.39 bits per heavy atom. The van der Waals surface area contributed by atoms with Crippen LogP contribution in [0, 0.1) is 0 Å². The lowest BCUT2D eigenvalue weighted by Gasteiger charge is -2.35. The summed E-state index contributed by atoms with van der Waals surface area (Å²) >= 11 is 0. The van der Waals surface area contributed by atoms with Crippen molar-refractivity contribution in [2.24, 2.45) is 5.11 Å². The van der Waals surface area contributed by atoms with Gasteiger partial charge >= 0.3 is 11.9 Å². The fourth-order valence-corrected chi connectivity index (χ4v) is 1.79. The fraction of sp³-hybridized carbons (Fsp3) is 0.800. The van der Waals surface area contributed by atoms with Crippen molar-refractivity contribution in [1.82, 2.24) is 0 Å². The quantitative estimate of drug-likeness (QED) is 0.322. The molecule has 3 atom stereocenters. The topological polar surface area (TPSA) is 111 Å². The highest BCUT2D eigenvalue weighted by atomic mass is 16.6. The first-order chi connectivity index (χ1) is 8.54. The molecule has 0 bridgehead atoms. The van der Waals surface area contributed by atoms with Crippen molar-refractivity contribution in [2.75, 3.05) is 13.2 Å². The number of ether oxygens (including phenoxy) is 3. The van der Waals surface area contributed by atoms with Crippen LogP contribution in [0.25, 0.3) is 10.4 Å². The summed E-state index contributed by atoms with van der Waals surface area (Å²) in [5.41, 5.74) is 8.29. The van der Waals surface area contributed by atoms with Crippen molar-refractivity contribution < 1.29 is 23.8 Å². The molecule has 0 unspecified atom stereocenters. The van der Waals surface area contributed by atoms with E-state index in [1.165, 1.54) is 13.8 Å². The fourth-order valence-electron chi connectivity index (χ4n) is 1.79. The van der Waals surface area contributed by atoms with Gasteiger partial charge in [-0.15, -0.1) is 0 Å². The number of hydrogen-bond acceptors (Lipinski definition) is 6. The molecule has 100 valence electrons. The van der Waals surface area contributed by atoms with Crippen molar-refractivity contribution in [3.8, 4) is 0 Å². The molecule has 0 aromatic rings. The third kappa shape index (κ3) is 4.23. The van der Waals surface area contributed by atoms with E-state index in [2.05, 4.69) is 10.0 Å². The van der Waals surface area contributed by atoms with Gasteiger partial charge in [-0.25, -0.2) is 0 Å². The van der Waals surface area contributed by atoms with E-state index >= 15 is 0 Å². The van der Waals surface area contributed by atoms with Gasteiger partial charge in [0.2, 0.25) is 0 Å². The van der Waals surface area contributed by atoms with E-state index in [1.54, 1.807) is 0 Å². The monoisotopic (exact) mass is 257 g/mol. The van der Waals surface area contributed by atoms with Gasteiger partial charge in [-0.1, -0.05) is 5.11 Å². The van der Waals surface area contributed by atoms with E-state index in [4.69, 9.17) is 19.7 Å². The van der Waals surface area contributed by atoms with Gasteiger partial charge in [-0.05, 0) is 5.53 Å². The number of rotatable bonds is 4. The predicted molar refractivity (Wildman–Crippen MR) is 59.5 cm³/mol. The van der Waals surface area contributed by atoms with Crippen molar-refractivity contribution >= 4 is 11.9 Å². The maximum absolute atomic E-state index is 11.0. The number of nitrogens with zero attached hydrogens (tertiary/aromatic N) is 3. The van der Waals surface area contributed by atoms with Crippen molar-refractivity contribution in [1.29, 1.82) is 0 Å². The van der Waals surface area contributed by atoms with Gasteiger partial charge in [-0.3, -0.25) is 9.59 Å². The van der Waals surface area contributed by atoms with Crippen molar-refractivity contribution in [2.45, 2.75) is 38.6 Å². The lowest BCUT2D eigenvalue weighted by Crippen LogP contribution is -2.50. The Hall–Kier alpha value is -1.79. The molecular weight excluding hydrogens is 242 g/mol. The van der Waals surface area contributed by atoms with Crippen LogP contribution in [0.3, 0.4) is 0 Å². The number of carbonyl (C=O) groups is 2. The third-order valence-electron chi connectivity index (χ3n) is 2.41. The van der Waals surface area contributed by atoms with Gasteiger partial charge in [-0.2, -0.15) is 0 Å². The average Bonchev–Trinajstić information content (AvgIpc) is 2.28. The molecule has 0 radical (unpaired) electrons. The summed E-state index contributed by atoms with van der Waals surface area (Å²) in [6.07, 6.45) is -1.47. The molecule has 0 spiro atoms. The van der Waals surface area contributed by atoms with E-state index in [0.29, 0.717) is 13.0 Å². The molecule has 0 saturated carbocycles. The number of carbonyl (C=O) groups excluding carboxylic acids is 2. The second-order valence-electron chi connectivity index (χ2n) is 3.83. The summed E-state index contributed by atoms with van der Waals surface area (Å²) in [6, 6.07) is 0. The van der Waals surface area contributed by atoms with Crippen LogP contribution < -0.4 is 0 Å². The van der Waals surface area contributed by atoms with Crippen LogP contribution >= 0.6 is 0 Å². The minimum Gasteiger partial charge on any atom is -0.458 e. The van der Waals surface area contributed by atoms with Crippen LogP contribution in [0.2, 0.25) is 0 Å². The van der Waals surface area contributed by atoms with Crippen LogP contribution in [0.4, 0.5) is 0 Å². The Morgan fingerprint density at radius 3 is 2.61 bits per heavy atom. The normalized spacial score (nSPS) is 26.9. The van der Waals surface area contributed by atoms with Gasteiger partial charge in [0.1, 0.15) is 12.2 Å². The summed E-state index contributed by atoms with van der Waals surface area (Å²) in [5.74, 6) is -0.963. The molecule has 0 aliphatic carbocycles. The molecule has 18 heavy (non-hydrogen) atoms. The Bertz CT molecular complexity index is 355. The zero-order valence-corrected chi connectivity index (χ0v) is 10.2. The molecule has 1 aliphatic heterocycles. The number of esters is 2. The molecule has 1 rings (SSSR count). The van der Waals surface area contributed by atoms with E-state index in [-0.39, 0.29) is 6.54 Å². The maximum Gasteiger partial charge on any atom is 0.303 e. The van der Waals surface area contributed by atoms with Crippen LogP contribution in [-0.2, 0) is 23.8 Å². The van der Waals surface area contributed by atoms with Crippen LogP contribution in [-0.4, -0.2) is 43.4 Å². The molecule has 1 aliphatic rings. The van der Waals surface area contributed by atoms with Crippen LogP contribution in [0.1, 0.15) is 20.3 Å². The number of azide groups is 1. The smallest absolute Gasteiger partial charge is 0.303 e.